The van der Waals surface area contributed by atoms with E-state index in [4.69, 9.17) is 4.52 Å². The lowest BCUT2D eigenvalue weighted by Crippen LogP contribution is -2.14. The average Bonchev–Trinajstić information content (AvgIpc) is 3.20. The molecule has 0 spiro atoms. The first-order valence-corrected chi connectivity index (χ1v) is 9.15. The fourth-order valence-electron chi connectivity index (χ4n) is 2.47. The van der Waals surface area contributed by atoms with Crippen molar-refractivity contribution in [2.45, 2.75) is 25.5 Å². The van der Waals surface area contributed by atoms with E-state index < -0.39 is 0 Å². The van der Waals surface area contributed by atoms with Gasteiger partial charge in [-0.05, 0) is 19.4 Å². The molecular weight excluding hydrogens is 348 g/mol. The predicted octanol–water partition coefficient (Wildman–Crippen LogP) is 4.07. The van der Waals surface area contributed by atoms with Crippen LogP contribution in [0.4, 0.5) is 5.82 Å². The summed E-state index contributed by atoms with van der Waals surface area (Å²) in [5.74, 6) is 1.14. The molecular formula is C19H20N4O2S. The number of hydrogen-bond acceptors (Lipinski definition) is 5. The normalized spacial score (nSPS) is 10.7. The molecule has 0 unspecified atom stereocenters. The number of imidazole rings is 1. The van der Waals surface area contributed by atoms with Gasteiger partial charge in [-0.2, -0.15) is 0 Å². The van der Waals surface area contributed by atoms with Crippen molar-refractivity contribution in [1.82, 2.24) is 14.7 Å². The number of nitrogens with zero attached hydrogens (tertiary/aromatic N) is 3. The molecule has 0 atom stereocenters. The Bertz CT molecular complexity index is 912. The minimum Gasteiger partial charge on any atom is -0.360 e. The minimum absolute atomic E-state index is 0.159. The van der Waals surface area contributed by atoms with E-state index in [-0.39, 0.29) is 11.7 Å². The largest absolute Gasteiger partial charge is 0.360 e. The van der Waals surface area contributed by atoms with Crippen LogP contribution in [0.2, 0.25) is 0 Å². The first-order chi connectivity index (χ1) is 12.6. The molecule has 3 rings (SSSR count). The van der Waals surface area contributed by atoms with Gasteiger partial charge in [0, 0.05) is 12.6 Å². The van der Waals surface area contributed by atoms with Crippen molar-refractivity contribution >= 4 is 23.5 Å². The first-order valence-electron chi connectivity index (χ1n) is 8.16. The van der Waals surface area contributed by atoms with E-state index in [0.717, 1.165) is 16.4 Å². The minimum atomic E-state index is -0.159. The summed E-state index contributed by atoms with van der Waals surface area (Å²) in [6.45, 7) is 8.27. The average molecular weight is 368 g/mol. The number of thioether (sulfide) groups is 1. The van der Waals surface area contributed by atoms with Gasteiger partial charge in [0.15, 0.2) is 11.0 Å². The summed E-state index contributed by atoms with van der Waals surface area (Å²) >= 11 is 1.37. The number of benzene rings is 1. The second-order valence-corrected chi connectivity index (χ2v) is 6.79. The number of hydrogen-bond donors (Lipinski definition) is 1. The molecule has 0 aliphatic heterocycles. The van der Waals surface area contributed by atoms with E-state index in [1.54, 1.807) is 13.0 Å². The summed E-state index contributed by atoms with van der Waals surface area (Å²) in [5.41, 5.74) is 3.29. The van der Waals surface area contributed by atoms with Crippen LogP contribution >= 0.6 is 11.8 Å². The standard InChI is InChI=1S/C19H20N4O2S/c1-4-9-23-16(15-7-5-13(2)6-8-15)11-20-19(23)26-12-18(24)21-17-10-14(3)25-22-17/h4-8,10-11H,1,9,12H2,2-3H3,(H,21,22,24). The van der Waals surface area contributed by atoms with Crippen molar-refractivity contribution in [3.8, 4) is 11.3 Å². The molecule has 7 heteroatoms. The summed E-state index contributed by atoms with van der Waals surface area (Å²) in [7, 11) is 0. The van der Waals surface area contributed by atoms with Crippen LogP contribution in [0, 0.1) is 13.8 Å². The van der Waals surface area contributed by atoms with Crippen LogP contribution in [-0.2, 0) is 11.3 Å². The Labute approximate surface area is 156 Å². The van der Waals surface area contributed by atoms with Gasteiger partial charge in [-0.25, -0.2) is 4.98 Å². The zero-order chi connectivity index (χ0) is 18.5. The third-order valence-electron chi connectivity index (χ3n) is 3.71. The molecule has 1 N–H and O–H groups in total. The predicted molar refractivity (Wildman–Crippen MR) is 103 cm³/mol. The number of nitrogens with one attached hydrogen (secondary N) is 1. The maximum Gasteiger partial charge on any atom is 0.236 e. The Balaban J connectivity index is 1.72. The summed E-state index contributed by atoms with van der Waals surface area (Å²) in [6.07, 6.45) is 3.65. The second-order valence-electron chi connectivity index (χ2n) is 5.85. The monoisotopic (exact) mass is 368 g/mol. The molecule has 0 aliphatic rings. The summed E-state index contributed by atoms with van der Waals surface area (Å²) in [6, 6.07) is 9.96. The zero-order valence-corrected chi connectivity index (χ0v) is 15.5. The van der Waals surface area contributed by atoms with Gasteiger partial charge in [0.25, 0.3) is 0 Å². The maximum absolute atomic E-state index is 12.1. The molecule has 1 aromatic carbocycles. The molecule has 134 valence electrons. The highest BCUT2D eigenvalue weighted by molar-refractivity contribution is 7.99. The van der Waals surface area contributed by atoms with E-state index in [0.29, 0.717) is 18.1 Å². The highest BCUT2D eigenvalue weighted by Gasteiger charge is 2.14. The van der Waals surface area contributed by atoms with E-state index in [2.05, 4.69) is 57.8 Å². The smallest absolute Gasteiger partial charge is 0.236 e. The van der Waals surface area contributed by atoms with Crippen molar-refractivity contribution in [1.29, 1.82) is 0 Å². The number of rotatable bonds is 7. The van der Waals surface area contributed by atoms with Crippen LogP contribution in [0.3, 0.4) is 0 Å². The van der Waals surface area contributed by atoms with Gasteiger partial charge in [0.1, 0.15) is 5.76 Å². The SMILES string of the molecule is C=CCn1c(-c2ccc(C)cc2)cnc1SCC(=O)Nc1cc(C)on1. The third-order valence-corrected chi connectivity index (χ3v) is 4.70. The summed E-state index contributed by atoms with van der Waals surface area (Å²) in [5, 5.41) is 7.24. The molecule has 0 aliphatic carbocycles. The highest BCUT2D eigenvalue weighted by atomic mass is 32.2. The number of anilines is 1. The molecule has 1 amide bonds. The zero-order valence-electron chi connectivity index (χ0n) is 14.7. The highest BCUT2D eigenvalue weighted by Crippen LogP contribution is 2.26. The Morgan fingerprint density at radius 2 is 2.12 bits per heavy atom. The molecule has 0 radical (unpaired) electrons. The van der Waals surface area contributed by atoms with E-state index in [9.17, 15) is 4.79 Å². The fraction of sp³-hybridized carbons (Fsp3) is 0.211. The van der Waals surface area contributed by atoms with Crippen LogP contribution < -0.4 is 5.32 Å². The van der Waals surface area contributed by atoms with Gasteiger partial charge in [0.05, 0.1) is 17.6 Å². The van der Waals surface area contributed by atoms with Crippen LogP contribution in [0.25, 0.3) is 11.3 Å². The van der Waals surface area contributed by atoms with E-state index in [1.807, 2.05) is 12.3 Å². The molecule has 0 fully saturated rings. The number of allylic oxidation sites excluding steroid dienone is 1. The number of aryl methyl sites for hydroxylation is 2. The first kappa shape index (κ1) is 18.0. The van der Waals surface area contributed by atoms with Crippen molar-refractivity contribution < 1.29 is 9.32 Å². The molecule has 0 saturated heterocycles. The van der Waals surface area contributed by atoms with Crippen molar-refractivity contribution in [3.05, 3.63) is 60.5 Å². The molecule has 2 heterocycles. The topological polar surface area (TPSA) is 73.0 Å². The number of amides is 1. The van der Waals surface area contributed by atoms with Gasteiger partial charge in [-0.1, -0.05) is 52.8 Å². The maximum atomic E-state index is 12.1. The Hall–Kier alpha value is -2.80. The van der Waals surface area contributed by atoms with E-state index >= 15 is 0 Å². The van der Waals surface area contributed by atoms with Crippen molar-refractivity contribution in [2.24, 2.45) is 0 Å². The molecule has 3 aromatic rings. The molecule has 26 heavy (non-hydrogen) atoms. The summed E-state index contributed by atoms with van der Waals surface area (Å²) < 4.78 is 6.99. The number of carbonyl (C=O) groups excluding carboxylic acids is 1. The van der Waals surface area contributed by atoms with Gasteiger partial charge >= 0.3 is 0 Å². The van der Waals surface area contributed by atoms with Gasteiger partial charge in [-0.15, -0.1) is 6.58 Å². The lowest BCUT2D eigenvalue weighted by molar-refractivity contribution is -0.113. The Kier molecular flexibility index (Phi) is 5.58. The van der Waals surface area contributed by atoms with Gasteiger partial charge in [0.2, 0.25) is 5.91 Å². The van der Waals surface area contributed by atoms with Crippen LogP contribution in [-0.4, -0.2) is 26.4 Å². The third kappa shape index (κ3) is 4.23. The number of carbonyl (C=O) groups is 1. The van der Waals surface area contributed by atoms with Crippen LogP contribution in [0.15, 0.2) is 58.9 Å². The molecule has 0 saturated carbocycles. The molecule has 2 aromatic heterocycles. The van der Waals surface area contributed by atoms with Gasteiger partial charge < -0.3 is 14.4 Å². The molecule has 6 nitrogen and oxygen atoms in total. The Morgan fingerprint density at radius 3 is 2.77 bits per heavy atom. The van der Waals surface area contributed by atoms with Crippen LogP contribution in [0.5, 0.6) is 0 Å². The summed E-state index contributed by atoms with van der Waals surface area (Å²) in [4.78, 5) is 16.6. The van der Waals surface area contributed by atoms with Crippen molar-refractivity contribution in [2.75, 3.05) is 11.1 Å². The molecule has 0 bridgehead atoms. The number of aromatic nitrogens is 3. The van der Waals surface area contributed by atoms with Crippen LogP contribution in [0.1, 0.15) is 11.3 Å². The lowest BCUT2D eigenvalue weighted by atomic mass is 10.1. The lowest BCUT2D eigenvalue weighted by Gasteiger charge is -2.10. The Morgan fingerprint density at radius 1 is 1.35 bits per heavy atom. The van der Waals surface area contributed by atoms with E-state index in [1.165, 1.54) is 17.3 Å². The second kappa shape index (κ2) is 8.05. The fourth-order valence-corrected chi connectivity index (χ4v) is 3.26. The van der Waals surface area contributed by atoms with Gasteiger partial charge in [-0.3, -0.25) is 4.79 Å². The van der Waals surface area contributed by atoms with Crippen molar-refractivity contribution in [3.63, 3.8) is 0 Å². The quantitative estimate of drug-likeness (QED) is 0.503.